The van der Waals surface area contributed by atoms with Gasteiger partial charge in [-0.15, -0.1) is 0 Å². The second-order valence-electron chi connectivity index (χ2n) is 4.57. The van der Waals surface area contributed by atoms with Crippen molar-refractivity contribution < 1.29 is 8.78 Å². The highest BCUT2D eigenvalue weighted by atomic mass is 19.1. The highest BCUT2D eigenvalue weighted by Crippen LogP contribution is 2.21. The Kier molecular flexibility index (Phi) is 4.50. The summed E-state index contributed by atoms with van der Waals surface area (Å²) in [5.74, 6) is -1.04. The summed E-state index contributed by atoms with van der Waals surface area (Å²) in [4.78, 5) is 0. The Bertz CT molecular complexity index is 538. The summed E-state index contributed by atoms with van der Waals surface area (Å²) in [6, 6.07) is 12.8. The van der Waals surface area contributed by atoms with Crippen LogP contribution in [0.25, 0.3) is 0 Å². The predicted molar refractivity (Wildman–Crippen MR) is 74.3 cm³/mol. The number of hydrogen-bond donors (Lipinski definition) is 1. The summed E-state index contributed by atoms with van der Waals surface area (Å²) in [7, 11) is 0. The SMILES string of the molecule is Cc1ccc(F)c(NCCCc2ccccc2)c1F. The molecule has 0 saturated carbocycles. The minimum Gasteiger partial charge on any atom is -0.380 e. The van der Waals surface area contributed by atoms with E-state index in [1.54, 1.807) is 6.92 Å². The lowest BCUT2D eigenvalue weighted by Gasteiger charge is -2.10. The second-order valence-corrected chi connectivity index (χ2v) is 4.57. The van der Waals surface area contributed by atoms with Crippen molar-refractivity contribution in [1.82, 2.24) is 0 Å². The zero-order chi connectivity index (χ0) is 13.7. The topological polar surface area (TPSA) is 12.0 Å². The van der Waals surface area contributed by atoms with Crippen LogP contribution in [-0.4, -0.2) is 6.54 Å². The van der Waals surface area contributed by atoms with Crippen molar-refractivity contribution in [3.8, 4) is 0 Å². The lowest BCUT2D eigenvalue weighted by atomic mass is 10.1. The Morgan fingerprint density at radius 1 is 1.00 bits per heavy atom. The maximum Gasteiger partial charge on any atom is 0.152 e. The lowest BCUT2D eigenvalue weighted by Crippen LogP contribution is -2.07. The molecule has 0 fully saturated rings. The van der Waals surface area contributed by atoms with Gasteiger partial charge < -0.3 is 5.32 Å². The molecule has 0 aliphatic rings. The van der Waals surface area contributed by atoms with Gasteiger partial charge in [0.1, 0.15) is 11.5 Å². The van der Waals surface area contributed by atoms with E-state index in [9.17, 15) is 8.78 Å². The van der Waals surface area contributed by atoms with Gasteiger partial charge in [-0.3, -0.25) is 0 Å². The Morgan fingerprint density at radius 2 is 1.74 bits per heavy atom. The summed E-state index contributed by atoms with van der Waals surface area (Å²) in [5.41, 5.74) is 1.66. The molecule has 1 nitrogen and oxygen atoms in total. The van der Waals surface area contributed by atoms with Crippen molar-refractivity contribution in [1.29, 1.82) is 0 Å². The number of rotatable bonds is 5. The minimum atomic E-state index is -0.539. The van der Waals surface area contributed by atoms with Crippen LogP contribution in [-0.2, 0) is 6.42 Å². The Balaban J connectivity index is 1.88. The van der Waals surface area contributed by atoms with Crippen molar-refractivity contribution >= 4 is 5.69 Å². The van der Waals surface area contributed by atoms with Gasteiger partial charge >= 0.3 is 0 Å². The third kappa shape index (κ3) is 3.53. The number of anilines is 1. The van der Waals surface area contributed by atoms with Crippen molar-refractivity contribution in [2.75, 3.05) is 11.9 Å². The van der Waals surface area contributed by atoms with E-state index in [4.69, 9.17) is 0 Å². The minimum absolute atomic E-state index is 0.0203. The summed E-state index contributed by atoms with van der Waals surface area (Å²) in [6.45, 7) is 2.18. The molecule has 3 heteroatoms. The molecule has 2 aromatic carbocycles. The molecule has 100 valence electrons. The van der Waals surface area contributed by atoms with E-state index in [1.807, 2.05) is 30.3 Å². The molecular formula is C16H17F2N. The molecule has 0 aromatic heterocycles. The highest BCUT2D eigenvalue weighted by Gasteiger charge is 2.10. The van der Waals surface area contributed by atoms with Gasteiger partial charge in [0, 0.05) is 6.54 Å². The first-order valence-electron chi connectivity index (χ1n) is 6.41. The maximum atomic E-state index is 13.7. The van der Waals surface area contributed by atoms with Gasteiger partial charge in [0.25, 0.3) is 0 Å². The van der Waals surface area contributed by atoms with Crippen molar-refractivity contribution in [3.05, 3.63) is 65.2 Å². The average molecular weight is 261 g/mol. The lowest BCUT2D eigenvalue weighted by molar-refractivity contribution is 0.581. The molecule has 0 atom stereocenters. The predicted octanol–water partition coefficient (Wildman–Crippen LogP) is 4.32. The van der Waals surface area contributed by atoms with Crippen LogP contribution in [0, 0.1) is 18.6 Å². The Morgan fingerprint density at radius 3 is 2.47 bits per heavy atom. The number of aryl methyl sites for hydroxylation is 2. The fourth-order valence-corrected chi connectivity index (χ4v) is 1.97. The zero-order valence-electron chi connectivity index (χ0n) is 10.9. The molecule has 1 N–H and O–H groups in total. The highest BCUT2D eigenvalue weighted by molar-refractivity contribution is 5.48. The van der Waals surface area contributed by atoms with E-state index in [0.717, 1.165) is 12.8 Å². The quantitative estimate of drug-likeness (QED) is 0.790. The van der Waals surface area contributed by atoms with Gasteiger partial charge in [-0.2, -0.15) is 0 Å². The van der Waals surface area contributed by atoms with Crippen LogP contribution in [0.4, 0.5) is 14.5 Å². The van der Waals surface area contributed by atoms with Crippen molar-refractivity contribution in [2.45, 2.75) is 19.8 Å². The monoisotopic (exact) mass is 261 g/mol. The largest absolute Gasteiger partial charge is 0.380 e. The molecule has 0 radical (unpaired) electrons. The third-order valence-electron chi connectivity index (χ3n) is 3.07. The number of hydrogen-bond acceptors (Lipinski definition) is 1. The molecule has 0 amide bonds. The fourth-order valence-electron chi connectivity index (χ4n) is 1.97. The number of halogens is 2. The maximum absolute atomic E-state index is 13.7. The smallest absolute Gasteiger partial charge is 0.152 e. The van der Waals surface area contributed by atoms with E-state index >= 15 is 0 Å². The molecule has 19 heavy (non-hydrogen) atoms. The van der Waals surface area contributed by atoms with E-state index in [0.29, 0.717) is 12.1 Å². The Hall–Kier alpha value is -1.90. The molecule has 0 unspecified atom stereocenters. The molecule has 0 aliphatic heterocycles. The van der Waals surface area contributed by atoms with E-state index < -0.39 is 11.6 Å². The van der Waals surface area contributed by atoms with Crippen LogP contribution in [0.3, 0.4) is 0 Å². The molecular weight excluding hydrogens is 244 g/mol. The van der Waals surface area contributed by atoms with Crippen molar-refractivity contribution in [3.63, 3.8) is 0 Å². The van der Waals surface area contributed by atoms with Gasteiger partial charge in [0.2, 0.25) is 0 Å². The van der Waals surface area contributed by atoms with Gasteiger partial charge in [-0.25, -0.2) is 8.78 Å². The van der Waals surface area contributed by atoms with E-state index in [1.165, 1.54) is 17.7 Å². The van der Waals surface area contributed by atoms with Crippen LogP contribution in [0.15, 0.2) is 42.5 Å². The molecule has 0 spiro atoms. The molecule has 2 rings (SSSR count). The average Bonchev–Trinajstić information content (AvgIpc) is 2.43. The molecule has 0 heterocycles. The third-order valence-corrected chi connectivity index (χ3v) is 3.07. The van der Waals surface area contributed by atoms with Crippen LogP contribution in [0.5, 0.6) is 0 Å². The van der Waals surface area contributed by atoms with E-state index in [-0.39, 0.29) is 5.69 Å². The second kappa shape index (κ2) is 6.32. The summed E-state index contributed by atoms with van der Waals surface area (Å²) >= 11 is 0. The number of benzene rings is 2. The molecule has 2 aromatic rings. The summed E-state index contributed by atoms with van der Waals surface area (Å²) in [5, 5.41) is 2.84. The van der Waals surface area contributed by atoms with Gasteiger partial charge in [0.05, 0.1) is 0 Å². The van der Waals surface area contributed by atoms with E-state index in [2.05, 4.69) is 5.32 Å². The van der Waals surface area contributed by atoms with Crippen LogP contribution >= 0.6 is 0 Å². The summed E-state index contributed by atoms with van der Waals surface area (Å²) < 4.78 is 27.2. The van der Waals surface area contributed by atoms with Gasteiger partial charge in [-0.1, -0.05) is 36.4 Å². The van der Waals surface area contributed by atoms with Gasteiger partial charge in [0.15, 0.2) is 5.82 Å². The molecule has 0 saturated heterocycles. The van der Waals surface area contributed by atoms with Crippen LogP contribution in [0.2, 0.25) is 0 Å². The van der Waals surface area contributed by atoms with Gasteiger partial charge in [-0.05, 0) is 37.0 Å². The summed E-state index contributed by atoms with van der Waals surface area (Å²) in [6.07, 6.45) is 1.72. The molecule has 0 aliphatic carbocycles. The zero-order valence-corrected chi connectivity index (χ0v) is 10.9. The fraction of sp³-hybridized carbons (Fsp3) is 0.250. The number of nitrogens with one attached hydrogen (secondary N) is 1. The Labute approximate surface area is 112 Å². The first-order chi connectivity index (χ1) is 9.18. The first-order valence-corrected chi connectivity index (χ1v) is 6.41. The molecule has 0 bridgehead atoms. The van der Waals surface area contributed by atoms with Crippen LogP contribution in [0.1, 0.15) is 17.5 Å². The van der Waals surface area contributed by atoms with Crippen LogP contribution < -0.4 is 5.32 Å². The normalized spacial score (nSPS) is 10.5. The van der Waals surface area contributed by atoms with Crippen molar-refractivity contribution in [2.24, 2.45) is 0 Å². The standard InChI is InChI=1S/C16H17F2N/c1-12-9-10-14(17)16(15(12)18)19-11-5-8-13-6-3-2-4-7-13/h2-4,6-7,9-10,19H,5,8,11H2,1H3. The first kappa shape index (κ1) is 13.5.